The molecule has 1 unspecified atom stereocenters. The molecule has 0 aromatic heterocycles. The summed E-state index contributed by atoms with van der Waals surface area (Å²) in [6, 6.07) is 0. The highest BCUT2D eigenvalue weighted by molar-refractivity contribution is 5.06. The normalized spacial score (nSPS) is 45.7. The number of hydrogen-bond donors (Lipinski definition) is 0. The molecule has 0 bridgehead atoms. The van der Waals surface area contributed by atoms with Gasteiger partial charge in [0.2, 0.25) is 0 Å². The summed E-state index contributed by atoms with van der Waals surface area (Å²) in [6.45, 7) is 0. The molecule has 0 N–H and O–H groups in total. The topological polar surface area (TPSA) is 0 Å². The lowest BCUT2D eigenvalue weighted by Gasteiger charge is -1.96. The SMILES string of the molecule is C1=C[C@@H]2CC2CC1. The lowest BCUT2D eigenvalue weighted by atomic mass is 10.1. The Bertz CT molecular complexity index is 103. The van der Waals surface area contributed by atoms with E-state index < -0.39 is 0 Å². The smallest absolute Gasteiger partial charge is 0.0202 e. The monoisotopic (exact) mass is 94.1 g/mol. The van der Waals surface area contributed by atoms with Gasteiger partial charge in [0.15, 0.2) is 0 Å². The molecule has 2 aliphatic rings. The van der Waals surface area contributed by atoms with E-state index in [4.69, 9.17) is 0 Å². The van der Waals surface area contributed by atoms with Crippen LogP contribution >= 0.6 is 0 Å². The van der Waals surface area contributed by atoms with Gasteiger partial charge in [0.1, 0.15) is 0 Å². The standard InChI is InChI=1S/C7H10/c1-2-4-7-5-6(7)3-1/h1,3,6-7H,2,4-5H2/t6-,7?/m1/s1. The molecule has 0 heterocycles. The van der Waals surface area contributed by atoms with Crippen LogP contribution in [0, 0.1) is 11.8 Å². The van der Waals surface area contributed by atoms with Crippen LogP contribution in [0.5, 0.6) is 0 Å². The van der Waals surface area contributed by atoms with Gasteiger partial charge in [0.05, 0.1) is 0 Å². The third kappa shape index (κ3) is 0.495. The molecule has 1 saturated carbocycles. The van der Waals surface area contributed by atoms with Gasteiger partial charge in [-0.3, -0.25) is 0 Å². The van der Waals surface area contributed by atoms with E-state index >= 15 is 0 Å². The van der Waals surface area contributed by atoms with Crippen LogP contribution in [0.15, 0.2) is 12.2 Å². The third-order valence-corrected chi connectivity index (χ3v) is 2.06. The molecule has 0 amide bonds. The fourth-order valence-corrected chi connectivity index (χ4v) is 1.42. The summed E-state index contributed by atoms with van der Waals surface area (Å²) in [5.41, 5.74) is 0. The zero-order valence-corrected chi connectivity index (χ0v) is 4.43. The molecule has 0 aromatic rings. The van der Waals surface area contributed by atoms with Crippen molar-refractivity contribution in [1.82, 2.24) is 0 Å². The van der Waals surface area contributed by atoms with Crippen molar-refractivity contribution in [2.24, 2.45) is 11.8 Å². The maximum atomic E-state index is 2.38. The maximum absolute atomic E-state index is 2.38. The summed E-state index contributed by atoms with van der Waals surface area (Å²) in [4.78, 5) is 0. The lowest BCUT2D eigenvalue weighted by molar-refractivity contribution is 0.682. The Labute approximate surface area is 44.2 Å². The van der Waals surface area contributed by atoms with Gasteiger partial charge < -0.3 is 0 Å². The highest BCUT2D eigenvalue weighted by Gasteiger charge is 2.35. The Morgan fingerprint density at radius 2 is 2.43 bits per heavy atom. The first-order valence-corrected chi connectivity index (χ1v) is 3.13. The van der Waals surface area contributed by atoms with Crippen molar-refractivity contribution >= 4 is 0 Å². The zero-order chi connectivity index (χ0) is 4.69. The summed E-state index contributed by atoms with van der Waals surface area (Å²) >= 11 is 0. The summed E-state index contributed by atoms with van der Waals surface area (Å²) < 4.78 is 0. The van der Waals surface area contributed by atoms with Crippen LogP contribution in [0.2, 0.25) is 0 Å². The first-order chi connectivity index (χ1) is 3.47. The Kier molecular flexibility index (Phi) is 0.592. The van der Waals surface area contributed by atoms with Crippen LogP contribution in [-0.2, 0) is 0 Å². The maximum Gasteiger partial charge on any atom is -0.0202 e. The second-order valence-electron chi connectivity index (χ2n) is 2.67. The fourth-order valence-electron chi connectivity index (χ4n) is 1.42. The minimum Gasteiger partial charge on any atom is -0.0882 e. The van der Waals surface area contributed by atoms with E-state index in [2.05, 4.69) is 12.2 Å². The molecule has 0 heteroatoms. The van der Waals surface area contributed by atoms with Gasteiger partial charge in [-0.1, -0.05) is 12.2 Å². The average Bonchev–Trinajstić information content (AvgIpc) is 2.41. The number of fused-ring (bicyclic) bond motifs is 1. The third-order valence-electron chi connectivity index (χ3n) is 2.06. The lowest BCUT2D eigenvalue weighted by Crippen LogP contribution is -1.83. The van der Waals surface area contributed by atoms with Gasteiger partial charge in [0, 0.05) is 0 Å². The van der Waals surface area contributed by atoms with Gasteiger partial charge in [-0.2, -0.15) is 0 Å². The predicted octanol–water partition coefficient (Wildman–Crippen LogP) is 1.97. The van der Waals surface area contributed by atoms with E-state index in [0.29, 0.717) is 0 Å². The molecule has 2 atom stereocenters. The summed E-state index contributed by atoms with van der Waals surface area (Å²) in [6.07, 6.45) is 9.03. The van der Waals surface area contributed by atoms with Crippen molar-refractivity contribution in [3.8, 4) is 0 Å². The molecule has 2 aliphatic carbocycles. The first kappa shape index (κ1) is 3.71. The molecule has 0 saturated heterocycles. The highest BCUT2D eigenvalue weighted by Crippen LogP contribution is 2.45. The quantitative estimate of drug-likeness (QED) is 0.402. The van der Waals surface area contributed by atoms with Crippen molar-refractivity contribution in [2.75, 3.05) is 0 Å². The summed E-state index contributed by atoms with van der Waals surface area (Å²) in [7, 11) is 0. The second kappa shape index (κ2) is 1.12. The molecule has 0 spiro atoms. The molecule has 0 radical (unpaired) electrons. The second-order valence-corrected chi connectivity index (χ2v) is 2.67. The van der Waals surface area contributed by atoms with Crippen molar-refractivity contribution in [2.45, 2.75) is 19.3 Å². The van der Waals surface area contributed by atoms with E-state index in [1.807, 2.05) is 0 Å². The molecule has 1 fully saturated rings. The van der Waals surface area contributed by atoms with Crippen LogP contribution in [0.25, 0.3) is 0 Å². The molecule has 38 valence electrons. The summed E-state index contributed by atoms with van der Waals surface area (Å²) in [5, 5.41) is 0. The van der Waals surface area contributed by atoms with Crippen LogP contribution in [-0.4, -0.2) is 0 Å². The highest BCUT2D eigenvalue weighted by atomic mass is 14.4. The number of allylic oxidation sites excluding steroid dienone is 2. The van der Waals surface area contributed by atoms with E-state index in [9.17, 15) is 0 Å². The largest absolute Gasteiger partial charge is 0.0882 e. The molecule has 2 rings (SSSR count). The van der Waals surface area contributed by atoms with Gasteiger partial charge >= 0.3 is 0 Å². The average molecular weight is 94.2 g/mol. The van der Waals surface area contributed by atoms with Gasteiger partial charge in [0.25, 0.3) is 0 Å². The van der Waals surface area contributed by atoms with Crippen LogP contribution in [0.4, 0.5) is 0 Å². The molecule has 0 aliphatic heterocycles. The Balaban J connectivity index is 2.14. The Morgan fingerprint density at radius 3 is 3.00 bits per heavy atom. The van der Waals surface area contributed by atoms with E-state index in [0.717, 1.165) is 11.8 Å². The minimum absolute atomic E-state index is 1.02. The Morgan fingerprint density at radius 1 is 1.43 bits per heavy atom. The van der Waals surface area contributed by atoms with Gasteiger partial charge in [-0.05, 0) is 31.1 Å². The van der Waals surface area contributed by atoms with Crippen LogP contribution in [0.3, 0.4) is 0 Å². The van der Waals surface area contributed by atoms with E-state index in [1.165, 1.54) is 19.3 Å². The van der Waals surface area contributed by atoms with Gasteiger partial charge in [-0.15, -0.1) is 0 Å². The molecule has 7 heavy (non-hydrogen) atoms. The number of hydrogen-bond acceptors (Lipinski definition) is 0. The van der Waals surface area contributed by atoms with E-state index in [-0.39, 0.29) is 0 Å². The van der Waals surface area contributed by atoms with E-state index in [1.54, 1.807) is 0 Å². The fraction of sp³-hybridized carbons (Fsp3) is 0.714. The Hall–Kier alpha value is -0.260. The molecular weight excluding hydrogens is 84.1 g/mol. The zero-order valence-electron chi connectivity index (χ0n) is 4.43. The summed E-state index contributed by atoms with van der Waals surface area (Å²) in [5.74, 6) is 2.14. The minimum atomic E-state index is 1.02. The van der Waals surface area contributed by atoms with Crippen LogP contribution in [0.1, 0.15) is 19.3 Å². The van der Waals surface area contributed by atoms with Crippen molar-refractivity contribution < 1.29 is 0 Å². The van der Waals surface area contributed by atoms with Crippen LogP contribution < -0.4 is 0 Å². The molecule has 0 nitrogen and oxygen atoms in total. The molecule has 0 aromatic carbocycles. The van der Waals surface area contributed by atoms with Crippen molar-refractivity contribution in [3.63, 3.8) is 0 Å². The van der Waals surface area contributed by atoms with Crippen molar-refractivity contribution in [1.29, 1.82) is 0 Å². The van der Waals surface area contributed by atoms with Gasteiger partial charge in [-0.25, -0.2) is 0 Å². The first-order valence-electron chi connectivity index (χ1n) is 3.13. The number of rotatable bonds is 0. The molecular formula is C7H10. The van der Waals surface area contributed by atoms with Crippen molar-refractivity contribution in [3.05, 3.63) is 12.2 Å². The predicted molar refractivity (Wildman–Crippen MR) is 30.0 cm³/mol.